The van der Waals surface area contributed by atoms with Crippen LogP contribution in [-0.4, -0.2) is 57.0 Å². The summed E-state index contributed by atoms with van der Waals surface area (Å²) in [6.45, 7) is 0. The topological polar surface area (TPSA) is 133 Å². The molecule has 1 aliphatic rings. The second-order valence-electron chi connectivity index (χ2n) is 2.84. The van der Waals surface area contributed by atoms with Gasteiger partial charge in [-0.15, -0.1) is 0 Å². The van der Waals surface area contributed by atoms with E-state index in [1.165, 1.54) is 0 Å². The van der Waals surface area contributed by atoms with E-state index in [4.69, 9.17) is 26.2 Å². The molecule has 7 heteroatoms. The van der Waals surface area contributed by atoms with Crippen molar-refractivity contribution in [1.82, 2.24) is 0 Å². The Hall–Kier alpha value is -0.730. The average Bonchev–Trinajstić information content (AvgIpc) is 2.07. The van der Waals surface area contributed by atoms with E-state index < -0.39 is 36.6 Å². The number of carboxylic acids is 1. The van der Waals surface area contributed by atoms with Gasteiger partial charge in [-0.1, -0.05) is 0 Å². The molecule has 1 fully saturated rings. The van der Waals surface area contributed by atoms with Crippen molar-refractivity contribution in [2.45, 2.75) is 30.6 Å². The van der Waals surface area contributed by atoms with Crippen LogP contribution in [-0.2, 0) is 9.53 Å². The number of aliphatic hydroxyl groups is 3. The Bertz CT molecular complexity index is 209. The number of aliphatic hydroxyl groups excluding tert-OH is 3. The van der Waals surface area contributed by atoms with Crippen molar-refractivity contribution in [3.63, 3.8) is 0 Å². The molecule has 7 nitrogen and oxygen atoms in total. The van der Waals surface area contributed by atoms with E-state index >= 15 is 0 Å². The number of hydrogen-bond donors (Lipinski definition) is 5. The summed E-state index contributed by atoms with van der Waals surface area (Å²) in [6, 6.07) is -1.20. The Morgan fingerprint density at radius 2 is 1.77 bits per heavy atom. The maximum atomic E-state index is 10.4. The summed E-state index contributed by atoms with van der Waals surface area (Å²) in [5.74, 6) is -1.46. The van der Waals surface area contributed by atoms with E-state index in [1.807, 2.05) is 0 Å². The number of hydrogen-bond acceptors (Lipinski definition) is 6. The minimum Gasteiger partial charge on any atom is -0.479 e. The van der Waals surface area contributed by atoms with Gasteiger partial charge in [0.05, 0.1) is 6.04 Å². The van der Waals surface area contributed by atoms with Crippen LogP contribution in [0.3, 0.4) is 0 Å². The molecule has 5 atom stereocenters. The lowest BCUT2D eigenvalue weighted by atomic mass is 9.98. The van der Waals surface area contributed by atoms with Crippen LogP contribution in [0.25, 0.3) is 0 Å². The summed E-state index contributed by atoms with van der Waals surface area (Å²) in [5, 5.41) is 35.8. The summed E-state index contributed by atoms with van der Waals surface area (Å²) in [4.78, 5) is 10.4. The molecule has 1 heterocycles. The zero-order valence-electron chi connectivity index (χ0n) is 6.57. The van der Waals surface area contributed by atoms with Crippen LogP contribution in [0.5, 0.6) is 0 Å². The largest absolute Gasteiger partial charge is 0.479 e. The van der Waals surface area contributed by atoms with E-state index in [-0.39, 0.29) is 0 Å². The van der Waals surface area contributed by atoms with E-state index in [2.05, 4.69) is 4.74 Å². The smallest absolute Gasteiger partial charge is 0.335 e. The van der Waals surface area contributed by atoms with E-state index in [0.29, 0.717) is 0 Å². The maximum Gasteiger partial charge on any atom is 0.335 e. The van der Waals surface area contributed by atoms with Crippen molar-refractivity contribution in [2.24, 2.45) is 5.73 Å². The fraction of sp³-hybridized carbons (Fsp3) is 0.833. The molecule has 0 bridgehead atoms. The van der Waals surface area contributed by atoms with Crippen molar-refractivity contribution >= 4 is 5.97 Å². The first kappa shape index (κ1) is 10.4. The Labute approximate surface area is 73.4 Å². The van der Waals surface area contributed by atoms with Gasteiger partial charge in [0.15, 0.2) is 12.4 Å². The maximum absolute atomic E-state index is 10.4. The Morgan fingerprint density at radius 1 is 1.23 bits per heavy atom. The molecule has 13 heavy (non-hydrogen) atoms. The first-order chi connectivity index (χ1) is 5.95. The van der Waals surface area contributed by atoms with Gasteiger partial charge in [0.2, 0.25) is 0 Å². The Morgan fingerprint density at radius 3 is 2.23 bits per heavy atom. The van der Waals surface area contributed by atoms with Crippen LogP contribution >= 0.6 is 0 Å². The minimum atomic E-state index is -1.65. The van der Waals surface area contributed by atoms with Crippen molar-refractivity contribution in [3.05, 3.63) is 0 Å². The van der Waals surface area contributed by atoms with Crippen LogP contribution in [0.15, 0.2) is 0 Å². The lowest BCUT2D eigenvalue weighted by molar-refractivity contribution is -0.244. The molecule has 1 aliphatic heterocycles. The summed E-state index contributed by atoms with van der Waals surface area (Å²) in [7, 11) is 0. The van der Waals surface area contributed by atoms with Crippen molar-refractivity contribution in [3.8, 4) is 0 Å². The predicted molar refractivity (Wildman–Crippen MR) is 38.5 cm³/mol. The van der Waals surface area contributed by atoms with Crippen molar-refractivity contribution in [2.75, 3.05) is 0 Å². The molecule has 76 valence electrons. The third kappa shape index (κ3) is 1.79. The summed E-state index contributed by atoms with van der Waals surface area (Å²) in [6.07, 6.45) is -6.37. The van der Waals surface area contributed by atoms with Gasteiger partial charge in [-0.05, 0) is 0 Å². The fourth-order valence-corrected chi connectivity index (χ4v) is 1.10. The van der Waals surface area contributed by atoms with Crippen LogP contribution in [0.1, 0.15) is 0 Å². The number of aliphatic carboxylic acids is 1. The standard InChI is InChI=1S/C6H11NO6/c7-1-2(8)3(9)4(5(10)11)13-6(1)12/h1-4,6,8-9,12H,7H2,(H,10,11)/t1-,2-,3+,4+,6+/m1/s1. The van der Waals surface area contributed by atoms with Gasteiger partial charge in [0.1, 0.15) is 12.2 Å². The normalized spacial score (nSPS) is 46.0. The van der Waals surface area contributed by atoms with Gasteiger partial charge in [-0.3, -0.25) is 0 Å². The molecule has 0 radical (unpaired) electrons. The van der Waals surface area contributed by atoms with E-state index in [1.54, 1.807) is 0 Å². The Balaban J connectivity index is 2.76. The summed E-state index contributed by atoms with van der Waals surface area (Å²) >= 11 is 0. The molecule has 0 aromatic heterocycles. The molecular formula is C6H11NO6. The van der Waals surface area contributed by atoms with E-state index in [9.17, 15) is 4.79 Å². The highest BCUT2D eigenvalue weighted by Crippen LogP contribution is 2.18. The van der Waals surface area contributed by atoms with Gasteiger partial charge in [0.25, 0.3) is 0 Å². The third-order valence-corrected chi connectivity index (χ3v) is 1.91. The molecule has 0 aliphatic carbocycles. The molecule has 6 N–H and O–H groups in total. The number of carbonyl (C=O) groups is 1. The number of rotatable bonds is 1. The number of carboxylic acid groups (broad SMARTS) is 1. The first-order valence-corrected chi connectivity index (χ1v) is 3.63. The van der Waals surface area contributed by atoms with Crippen LogP contribution in [0, 0.1) is 0 Å². The monoisotopic (exact) mass is 193 g/mol. The molecule has 1 rings (SSSR count). The second-order valence-corrected chi connectivity index (χ2v) is 2.84. The molecule has 0 saturated carbocycles. The third-order valence-electron chi connectivity index (χ3n) is 1.91. The molecular weight excluding hydrogens is 182 g/mol. The highest BCUT2D eigenvalue weighted by atomic mass is 16.6. The highest BCUT2D eigenvalue weighted by molar-refractivity contribution is 5.73. The zero-order valence-corrected chi connectivity index (χ0v) is 6.57. The summed E-state index contributed by atoms with van der Waals surface area (Å²) < 4.78 is 4.46. The quantitative estimate of drug-likeness (QED) is 0.296. The van der Waals surface area contributed by atoms with E-state index in [0.717, 1.165) is 0 Å². The van der Waals surface area contributed by atoms with Gasteiger partial charge >= 0.3 is 5.97 Å². The lowest BCUT2D eigenvalue weighted by Crippen LogP contribution is -2.62. The molecule has 0 aromatic rings. The highest BCUT2D eigenvalue weighted by Gasteiger charge is 2.45. The molecule has 1 saturated heterocycles. The van der Waals surface area contributed by atoms with Crippen LogP contribution < -0.4 is 5.73 Å². The second kappa shape index (κ2) is 3.56. The summed E-state index contributed by atoms with van der Waals surface area (Å²) in [5.41, 5.74) is 5.20. The van der Waals surface area contributed by atoms with Crippen LogP contribution in [0.4, 0.5) is 0 Å². The average molecular weight is 193 g/mol. The van der Waals surface area contributed by atoms with Crippen molar-refractivity contribution in [1.29, 1.82) is 0 Å². The van der Waals surface area contributed by atoms with Gasteiger partial charge in [-0.25, -0.2) is 4.79 Å². The first-order valence-electron chi connectivity index (χ1n) is 3.63. The number of nitrogens with two attached hydrogens (primary N) is 1. The fourth-order valence-electron chi connectivity index (χ4n) is 1.10. The SMILES string of the molecule is N[C@@H]1[C@@H](O)[C@H](O)[C@@H](C(=O)O)O[C@@H]1O. The van der Waals surface area contributed by atoms with Gasteiger partial charge in [-0.2, -0.15) is 0 Å². The van der Waals surface area contributed by atoms with Crippen LogP contribution in [0.2, 0.25) is 0 Å². The lowest BCUT2D eigenvalue weighted by Gasteiger charge is -2.36. The molecule has 0 spiro atoms. The van der Waals surface area contributed by atoms with Gasteiger partial charge in [0, 0.05) is 0 Å². The minimum absolute atomic E-state index is 1.20. The molecule has 0 unspecified atom stereocenters. The van der Waals surface area contributed by atoms with Crippen molar-refractivity contribution < 1.29 is 30.0 Å². The zero-order chi connectivity index (χ0) is 10.2. The number of ether oxygens (including phenoxy) is 1. The molecule has 0 amide bonds. The van der Waals surface area contributed by atoms with Gasteiger partial charge < -0.3 is 30.9 Å². The molecule has 0 aromatic carbocycles. The predicted octanol–water partition coefficient (Wildman–Crippen LogP) is -3.16. The Kier molecular flexibility index (Phi) is 2.84.